The average molecular weight is 272 g/mol. The van der Waals surface area contributed by atoms with E-state index in [0.717, 1.165) is 19.3 Å². The summed E-state index contributed by atoms with van der Waals surface area (Å²) in [6.45, 7) is 4.62. The molecule has 0 N–H and O–H groups in total. The van der Waals surface area contributed by atoms with Gasteiger partial charge in [0.25, 0.3) is 0 Å². The Morgan fingerprint density at radius 3 is 2.85 bits per heavy atom. The quantitative estimate of drug-likeness (QED) is 0.387. The number of ketones is 1. The first-order chi connectivity index (χ1) is 9.46. The van der Waals surface area contributed by atoms with E-state index < -0.39 is 5.92 Å². The van der Waals surface area contributed by atoms with Gasteiger partial charge < -0.3 is 4.74 Å². The van der Waals surface area contributed by atoms with Crippen LogP contribution in [0.15, 0.2) is 23.8 Å². The molecule has 1 heterocycles. The lowest BCUT2D eigenvalue weighted by atomic mass is 9.55. The van der Waals surface area contributed by atoms with E-state index in [0.29, 0.717) is 5.92 Å². The van der Waals surface area contributed by atoms with Crippen LogP contribution in [-0.2, 0) is 14.3 Å². The second kappa shape index (κ2) is 3.63. The van der Waals surface area contributed by atoms with E-state index in [4.69, 9.17) is 4.74 Å². The van der Waals surface area contributed by atoms with Gasteiger partial charge in [-0.15, -0.1) is 0 Å². The molecule has 1 aliphatic heterocycles. The maximum Gasteiger partial charge on any atom is 0.318 e. The second-order valence-electron chi connectivity index (χ2n) is 7.42. The lowest BCUT2D eigenvalue weighted by Crippen LogP contribution is -2.46. The molecule has 2 fully saturated rings. The average Bonchev–Trinajstić information content (AvgIpc) is 2.85. The molecule has 0 aromatic heterocycles. The van der Waals surface area contributed by atoms with Crippen molar-refractivity contribution in [2.75, 3.05) is 0 Å². The SMILES string of the molecule is CC1(C)CCC=C2[C@@H]1CC[C@@]13C=CC(=O)[C@@H]1C(=O)O[C@@H]23. The largest absolute Gasteiger partial charge is 0.456 e. The van der Waals surface area contributed by atoms with Gasteiger partial charge in [0.2, 0.25) is 0 Å². The molecule has 4 rings (SSSR count). The van der Waals surface area contributed by atoms with Crippen molar-refractivity contribution < 1.29 is 14.3 Å². The van der Waals surface area contributed by atoms with Gasteiger partial charge in [0, 0.05) is 0 Å². The van der Waals surface area contributed by atoms with E-state index in [9.17, 15) is 9.59 Å². The Labute approximate surface area is 119 Å². The van der Waals surface area contributed by atoms with Crippen LogP contribution in [0.25, 0.3) is 0 Å². The van der Waals surface area contributed by atoms with Gasteiger partial charge in [0.05, 0.1) is 5.41 Å². The monoisotopic (exact) mass is 272 g/mol. The minimum absolute atomic E-state index is 0.0633. The topological polar surface area (TPSA) is 43.4 Å². The summed E-state index contributed by atoms with van der Waals surface area (Å²) >= 11 is 0. The van der Waals surface area contributed by atoms with Gasteiger partial charge in [-0.25, -0.2) is 0 Å². The number of ether oxygens (including phenoxy) is 1. The van der Waals surface area contributed by atoms with Crippen molar-refractivity contribution in [2.24, 2.45) is 22.7 Å². The van der Waals surface area contributed by atoms with Crippen LogP contribution in [0.4, 0.5) is 0 Å². The third kappa shape index (κ3) is 1.31. The van der Waals surface area contributed by atoms with E-state index >= 15 is 0 Å². The number of rotatable bonds is 0. The van der Waals surface area contributed by atoms with Crippen LogP contribution in [0.1, 0.15) is 39.5 Å². The lowest BCUT2D eigenvalue weighted by Gasteiger charge is -2.48. The number of carbonyl (C=O) groups is 2. The maximum absolute atomic E-state index is 12.2. The Morgan fingerprint density at radius 2 is 2.05 bits per heavy atom. The fourth-order valence-electron chi connectivity index (χ4n) is 4.92. The Bertz CT molecular complexity index is 569. The van der Waals surface area contributed by atoms with Crippen molar-refractivity contribution in [3.63, 3.8) is 0 Å². The summed E-state index contributed by atoms with van der Waals surface area (Å²) < 4.78 is 5.68. The minimum atomic E-state index is -0.570. The number of fused-ring (bicyclic) bond motifs is 2. The van der Waals surface area contributed by atoms with Crippen LogP contribution < -0.4 is 0 Å². The molecular weight excluding hydrogens is 252 g/mol. The summed E-state index contributed by atoms with van der Waals surface area (Å²) in [5, 5.41) is 0. The Hall–Kier alpha value is -1.38. The van der Waals surface area contributed by atoms with Crippen LogP contribution in [0.2, 0.25) is 0 Å². The zero-order valence-electron chi connectivity index (χ0n) is 12.0. The van der Waals surface area contributed by atoms with Crippen molar-refractivity contribution >= 4 is 11.8 Å². The van der Waals surface area contributed by atoms with Gasteiger partial charge in [-0.2, -0.15) is 0 Å². The zero-order chi connectivity index (χ0) is 14.1. The Kier molecular flexibility index (Phi) is 2.24. The normalized spacial score (nSPS) is 44.5. The molecule has 4 atom stereocenters. The highest BCUT2D eigenvalue weighted by Gasteiger charge is 2.64. The smallest absolute Gasteiger partial charge is 0.318 e. The summed E-state index contributed by atoms with van der Waals surface area (Å²) in [7, 11) is 0. The van der Waals surface area contributed by atoms with E-state index in [1.807, 2.05) is 6.08 Å². The van der Waals surface area contributed by atoms with Crippen molar-refractivity contribution in [2.45, 2.75) is 45.6 Å². The van der Waals surface area contributed by atoms with Crippen LogP contribution in [-0.4, -0.2) is 17.9 Å². The summed E-state index contributed by atoms with van der Waals surface area (Å²) in [6.07, 6.45) is 9.83. The van der Waals surface area contributed by atoms with E-state index in [-0.39, 0.29) is 28.7 Å². The van der Waals surface area contributed by atoms with Gasteiger partial charge >= 0.3 is 5.97 Å². The standard InChI is InChI=1S/C17H20O3/c1-16(2)7-3-4-10-11(16)5-8-17-9-6-12(18)13(17)15(19)20-14(10)17/h4,6,9,11,13-14H,3,5,7-8H2,1-2H3/t11-,13+,14-,17+/m0/s1. The highest BCUT2D eigenvalue weighted by molar-refractivity contribution is 6.09. The van der Waals surface area contributed by atoms with Crippen LogP contribution in [0, 0.1) is 22.7 Å². The molecule has 0 radical (unpaired) electrons. The fourth-order valence-corrected chi connectivity index (χ4v) is 4.92. The van der Waals surface area contributed by atoms with E-state index in [2.05, 4.69) is 19.9 Å². The third-order valence-corrected chi connectivity index (χ3v) is 6.02. The molecule has 1 spiro atoms. The second-order valence-corrected chi connectivity index (χ2v) is 7.42. The first-order valence-electron chi connectivity index (χ1n) is 7.59. The van der Waals surface area contributed by atoms with Gasteiger partial charge in [0.1, 0.15) is 12.0 Å². The zero-order valence-corrected chi connectivity index (χ0v) is 12.0. The van der Waals surface area contributed by atoms with Crippen molar-refractivity contribution in [3.05, 3.63) is 23.8 Å². The van der Waals surface area contributed by atoms with Gasteiger partial charge in [-0.3, -0.25) is 9.59 Å². The third-order valence-electron chi connectivity index (χ3n) is 6.02. The van der Waals surface area contributed by atoms with Crippen LogP contribution in [0.3, 0.4) is 0 Å². The highest BCUT2D eigenvalue weighted by atomic mass is 16.6. The number of allylic oxidation sites excluding steroid dienone is 2. The first-order valence-corrected chi connectivity index (χ1v) is 7.59. The molecule has 3 aliphatic carbocycles. The molecule has 3 nitrogen and oxygen atoms in total. The Morgan fingerprint density at radius 1 is 1.25 bits per heavy atom. The molecule has 106 valence electrons. The van der Waals surface area contributed by atoms with Crippen LogP contribution >= 0.6 is 0 Å². The molecule has 20 heavy (non-hydrogen) atoms. The summed E-state index contributed by atoms with van der Waals surface area (Å²) in [4.78, 5) is 24.1. The number of hydrogen-bond acceptors (Lipinski definition) is 3. The first kappa shape index (κ1) is 12.4. The predicted molar refractivity (Wildman–Crippen MR) is 73.8 cm³/mol. The van der Waals surface area contributed by atoms with Crippen LogP contribution in [0.5, 0.6) is 0 Å². The van der Waals surface area contributed by atoms with Gasteiger partial charge in [-0.1, -0.05) is 26.0 Å². The molecular formula is C17H20O3. The predicted octanol–water partition coefficient (Wildman–Crippen LogP) is 2.81. The molecule has 4 aliphatic rings. The molecule has 1 saturated carbocycles. The van der Waals surface area contributed by atoms with Gasteiger partial charge in [-0.05, 0) is 48.7 Å². The number of hydrogen-bond donors (Lipinski definition) is 0. The van der Waals surface area contributed by atoms with Gasteiger partial charge in [0.15, 0.2) is 5.78 Å². The van der Waals surface area contributed by atoms with E-state index in [1.165, 1.54) is 12.0 Å². The molecule has 1 saturated heterocycles. The summed E-state index contributed by atoms with van der Waals surface area (Å²) in [6, 6.07) is 0. The Balaban J connectivity index is 1.81. The fraction of sp³-hybridized carbons (Fsp3) is 0.647. The molecule has 0 amide bonds. The van der Waals surface area contributed by atoms with Crippen molar-refractivity contribution in [1.82, 2.24) is 0 Å². The molecule has 0 aromatic rings. The minimum Gasteiger partial charge on any atom is -0.456 e. The molecule has 0 bridgehead atoms. The number of carbonyl (C=O) groups excluding carboxylic acids is 2. The summed E-state index contributed by atoms with van der Waals surface area (Å²) in [5.41, 5.74) is 1.18. The maximum atomic E-state index is 12.2. The number of esters is 1. The lowest BCUT2D eigenvalue weighted by molar-refractivity contribution is -0.145. The van der Waals surface area contributed by atoms with Crippen molar-refractivity contribution in [1.29, 1.82) is 0 Å². The molecule has 0 aromatic carbocycles. The summed E-state index contributed by atoms with van der Waals surface area (Å²) in [5.74, 6) is -0.455. The molecule has 0 unspecified atom stereocenters. The molecule has 3 heteroatoms. The van der Waals surface area contributed by atoms with E-state index in [1.54, 1.807) is 6.08 Å². The van der Waals surface area contributed by atoms with Crippen molar-refractivity contribution in [3.8, 4) is 0 Å². The highest BCUT2D eigenvalue weighted by Crippen LogP contribution is 2.60.